The van der Waals surface area contributed by atoms with Gasteiger partial charge in [-0.25, -0.2) is 0 Å². The van der Waals surface area contributed by atoms with Crippen LogP contribution in [0.25, 0.3) is 10.8 Å². The molecule has 23 heavy (non-hydrogen) atoms. The van der Waals surface area contributed by atoms with E-state index in [1.165, 1.54) is 6.07 Å². The molecule has 1 unspecified atom stereocenters. The lowest BCUT2D eigenvalue weighted by Crippen LogP contribution is -2.20. The van der Waals surface area contributed by atoms with Crippen molar-refractivity contribution >= 4 is 35.4 Å². The van der Waals surface area contributed by atoms with Crippen LogP contribution >= 0.6 is 7.37 Å². The molecule has 0 aliphatic rings. The van der Waals surface area contributed by atoms with Crippen molar-refractivity contribution < 1.29 is 29.3 Å². The molecule has 0 aliphatic heterocycles. The Morgan fingerprint density at radius 2 is 1.52 bits per heavy atom. The van der Waals surface area contributed by atoms with E-state index < -0.39 is 38.1 Å². The molecule has 122 valence electrons. The summed E-state index contributed by atoms with van der Waals surface area (Å²) in [6.07, 6.45) is -1.29. The number of carboxylic acid groups (broad SMARTS) is 2. The second kappa shape index (κ2) is 6.94. The van der Waals surface area contributed by atoms with E-state index in [0.717, 1.165) is 5.39 Å². The first-order valence-electron chi connectivity index (χ1n) is 7.03. The Kier molecular flexibility index (Phi) is 5.19. The Balaban J connectivity index is 2.36. The average Bonchev–Trinajstić information content (AvgIpc) is 2.44. The predicted molar refractivity (Wildman–Crippen MR) is 86.3 cm³/mol. The maximum Gasteiger partial charge on any atom is 0.303 e. The number of hydrogen-bond acceptors (Lipinski definition) is 3. The molecule has 0 spiro atoms. The molecule has 7 heteroatoms. The monoisotopic (exact) mass is 336 g/mol. The van der Waals surface area contributed by atoms with Crippen LogP contribution in [-0.4, -0.2) is 33.2 Å². The van der Waals surface area contributed by atoms with Crippen molar-refractivity contribution in [3.8, 4) is 0 Å². The quantitative estimate of drug-likeness (QED) is 0.669. The van der Waals surface area contributed by atoms with Crippen molar-refractivity contribution in [2.45, 2.75) is 12.8 Å². The lowest BCUT2D eigenvalue weighted by molar-refractivity contribution is -0.140. The van der Waals surface area contributed by atoms with Gasteiger partial charge in [-0.1, -0.05) is 36.4 Å². The number of hydrogen-bond donors (Lipinski definition) is 3. The Bertz CT molecular complexity index is 764. The van der Waals surface area contributed by atoms with E-state index in [0.29, 0.717) is 5.39 Å². The highest BCUT2D eigenvalue weighted by molar-refractivity contribution is 7.66. The van der Waals surface area contributed by atoms with Crippen LogP contribution < -0.4 is 5.30 Å². The van der Waals surface area contributed by atoms with Crippen molar-refractivity contribution in [3.05, 3.63) is 42.5 Å². The Morgan fingerprint density at radius 3 is 2.13 bits per heavy atom. The molecule has 1 atom stereocenters. The van der Waals surface area contributed by atoms with E-state index >= 15 is 0 Å². The van der Waals surface area contributed by atoms with Gasteiger partial charge in [-0.15, -0.1) is 0 Å². The van der Waals surface area contributed by atoms with Crippen molar-refractivity contribution in [3.63, 3.8) is 0 Å². The number of carboxylic acids is 2. The molecule has 0 saturated heterocycles. The molecule has 2 aromatic carbocycles. The summed E-state index contributed by atoms with van der Waals surface area (Å²) >= 11 is 0. The summed E-state index contributed by atoms with van der Waals surface area (Å²) in [4.78, 5) is 32.2. The van der Waals surface area contributed by atoms with E-state index in [1.54, 1.807) is 18.2 Å². The van der Waals surface area contributed by atoms with Crippen molar-refractivity contribution in [2.24, 2.45) is 5.92 Å². The zero-order valence-electron chi connectivity index (χ0n) is 12.3. The van der Waals surface area contributed by atoms with Crippen LogP contribution in [-0.2, 0) is 14.2 Å². The van der Waals surface area contributed by atoms with Gasteiger partial charge in [-0.05, 0) is 22.8 Å². The molecule has 0 aromatic heterocycles. The predicted octanol–water partition coefficient (Wildman–Crippen LogP) is 2.30. The number of benzene rings is 2. The topological polar surface area (TPSA) is 112 Å². The third-order valence-electron chi connectivity index (χ3n) is 3.58. The zero-order valence-corrected chi connectivity index (χ0v) is 13.1. The van der Waals surface area contributed by atoms with E-state index in [4.69, 9.17) is 10.2 Å². The summed E-state index contributed by atoms with van der Waals surface area (Å²) in [6.45, 7) is 0. The average molecular weight is 336 g/mol. The minimum Gasteiger partial charge on any atom is -0.481 e. The fraction of sp³-hybridized carbons (Fsp3) is 0.250. The highest BCUT2D eigenvalue weighted by Crippen LogP contribution is 2.44. The molecule has 2 rings (SSSR count). The third-order valence-corrected chi connectivity index (χ3v) is 5.73. The molecule has 6 nitrogen and oxygen atoms in total. The van der Waals surface area contributed by atoms with Gasteiger partial charge >= 0.3 is 11.9 Å². The molecule has 0 fully saturated rings. The van der Waals surface area contributed by atoms with Crippen LogP contribution in [0.3, 0.4) is 0 Å². The van der Waals surface area contributed by atoms with Crippen LogP contribution in [0.4, 0.5) is 0 Å². The van der Waals surface area contributed by atoms with Crippen LogP contribution in [0.1, 0.15) is 12.8 Å². The summed E-state index contributed by atoms with van der Waals surface area (Å²) in [7, 11) is -3.89. The molecule has 3 N–H and O–H groups in total. The first-order valence-corrected chi connectivity index (χ1v) is 8.88. The number of carbonyl (C=O) groups is 2. The minimum atomic E-state index is -3.89. The normalized spacial score (nSPS) is 13.8. The maximum absolute atomic E-state index is 12.8. The highest BCUT2D eigenvalue weighted by atomic mass is 31.2. The number of rotatable bonds is 7. The van der Waals surface area contributed by atoms with Crippen LogP contribution in [0.2, 0.25) is 0 Å². The van der Waals surface area contributed by atoms with Gasteiger partial charge in [-0.2, -0.15) is 0 Å². The largest absolute Gasteiger partial charge is 0.481 e. The first kappa shape index (κ1) is 17.2. The maximum atomic E-state index is 12.8. The van der Waals surface area contributed by atoms with Crippen molar-refractivity contribution in [1.29, 1.82) is 0 Å². The fourth-order valence-electron chi connectivity index (χ4n) is 2.66. The molecular formula is C16H17O6P. The van der Waals surface area contributed by atoms with Crippen molar-refractivity contribution in [2.75, 3.05) is 6.16 Å². The lowest BCUT2D eigenvalue weighted by Gasteiger charge is -2.19. The van der Waals surface area contributed by atoms with Gasteiger partial charge in [0.05, 0.1) is 0 Å². The van der Waals surface area contributed by atoms with Gasteiger partial charge in [-0.3, -0.25) is 14.2 Å². The smallest absolute Gasteiger partial charge is 0.303 e. The van der Waals surface area contributed by atoms with Gasteiger partial charge in [0.15, 0.2) is 0 Å². The standard InChI is InChI=1S/C16H17O6P/c17-15(18)8-11(9-16(19)20)10-23(21,22)14-7-3-5-12-4-1-2-6-13(12)14/h1-7,11H,8-10H2,(H,17,18)(H,19,20)(H,21,22). The van der Waals surface area contributed by atoms with E-state index in [9.17, 15) is 19.0 Å². The van der Waals surface area contributed by atoms with Gasteiger partial charge in [0.1, 0.15) is 0 Å². The van der Waals surface area contributed by atoms with Crippen LogP contribution in [0.5, 0.6) is 0 Å². The highest BCUT2D eigenvalue weighted by Gasteiger charge is 2.30. The van der Waals surface area contributed by atoms with Crippen LogP contribution in [0, 0.1) is 5.92 Å². The summed E-state index contributed by atoms with van der Waals surface area (Å²) in [5.74, 6) is -3.27. The Labute approximate surface area is 132 Å². The molecule has 0 radical (unpaired) electrons. The second-order valence-electron chi connectivity index (χ2n) is 5.44. The summed E-state index contributed by atoms with van der Waals surface area (Å²) in [5, 5.41) is 19.4. The number of fused-ring (bicyclic) bond motifs is 1. The van der Waals surface area contributed by atoms with E-state index in [1.807, 2.05) is 18.2 Å². The minimum absolute atomic E-state index is 0.233. The van der Waals surface area contributed by atoms with Crippen molar-refractivity contribution in [1.82, 2.24) is 0 Å². The summed E-state index contributed by atoms with van der Waals surface area (Å²) < 4.78 is 12.8. The second-order valence-corrected chi connectivity index (χ2v) is 7.69. The number of aliphatic carboxylic acids is 2. The van der Waals surface area contributed by atoms with Gasteiger partial charge < -0.3 is 15.1 Å². The molecule has 0 heterocycles. The molecular weight excluding hydrogens is 319 g/mol. The fourth-order valence-corrected chi connectivity index (χ4v) is 4.71. The SMILES string of the molecule is O=C(O)CC(CC(=O)O)CP(=O)(O)c1cccc2ccccc12. The van der Waals surface area contributed by atoms with Gasteiger partial charge in [0, 0.05) is 24.3 Å². The lowest BCUT2D eigenvalue weighted by atomic mass is 10.0. The van der Waals surface area contributed by atoms with E-state index in [-0.39, 0.29) is 11.5 Å². The van der Waals surface area contributed by atoms with Gasteiger partial charge in [0.2, 0.25) is 7.37 Å². The first-order chi connectivity index (χ1) is 10.8. The molecule has 0 aliphatic carbocycles. The molecule has 0 saturated carbocycles. The molecule has 0 bridgehead atoms. The Morgan fingerprint density at radius 1 is 0.957 bits per heavy atom. The molecule has 2 aromatic rings. The Hall–Kier alpha value is -2.17. The van der Waals surface area contributed by atoms with E-state index in [2.05, 4.69) is 0 Å². The molecule has 0 amide bonds. The third kappa shape index (κ3) is 4.41. The van der Waals surface area contributed by atoms with Gasteiger partial charge in [0.25, 0.3) is 0 Å². The zero-order chi connectivity index (χ0) is 17.0. The summed E-state index contributed by atoms with van der Waals surface area (Å²) in [6, 6.07) is 12.1. The summed E-state index contributed by atoms with van der Waals surface area (Å²) in [5.41, 5.74) is 0. The van der Waals surface area contributed by atoms with Crippen LogP contribution in [0.15, 0.2) is 42.5 Å².